The summed E-state index contributed by atoms with van der Waals surface area (Å²) in [6.45, 7) is 1.69. The first-order chi connectivity index (χ1) is 19.1. The molecule has 7 rings (SSSR count). The number of pyridine rings is 2. The molecule has 0 bridgehead atoms. The fraction of sp³-hybridized carbons (Fsp3) is 0.241. The van der Waals surface area contributed by atoms with Crippen LogP contribution in [0.3, 0.4) is 0 Å². The highest BCUT2D eigenvalue weighted by Crippen LogP contribution is 2.35. The Morgan fingerprint density at radius 2 is 1.92 bits per heavy atom. The van der Waals surface area contributed by atoms with Gasteiger partial charge in [0.1, 0.15) is 11.5 Å². The zero-order chi connectivity index (χ0) is 26.3. The lowest BCUT2D eigenvalue weighted by Crippen LogP contribution is -2.20. The number of thiophene rings is 1. The smallest absolute Gasteiger partial charge is 0.178 e. The Morgan fingerprint density at radius 1 is 1.03 bits per heavy atom. The van der Waals surface area contributed by atoms with E-state index in [0.29, 0.717) is 45.9 Å². The van der Waals surface area contributed by atoms with E-state index >= 15 is 4.39 Å². The van der Waals surface area contributed by atoms with Gasteiger partial charge in [-0.15, -0.1) is 11.3 Å². The Labute approximate surface area is 226 Å². The van der Waals surface area contributed by atoms with Gasteiger partial charge in [0, 0.05) is 58.2 Å². The van der Waals surface area contributed by atoms with Crippen molar-refractivity contribution in [2.24, 2.45) is 5.92 Å². The van der Waals surface area contributed by atoms with E-state index in [-0.39, 0.29) is 10.9 Å². The number of benzene rings is 1. The second-order valence-corrected chi connectivity index (χ2v) is 11.1. The van der Waals surface area contributed by atoms with E-state index in [1.165, 1.54) is 37.8 Å². The summed E-state index contributed by atoms with van der Waals surface area (Å²) >= 11 is 1.06. The van der Waals surface area contributed by atoms with Gasteiger partial charge in [-0.05, 0) is 61.2 Å². The molecule has 5 heterocycles. The molecule has 0 unspecified atom stereocenters. The summed E-state index contributed by atoms with van der Waals surface area (Å²) in [4.78, 5) is 17.5. The first kappa shape index (κ1) is 24.1. The molecule has 0 aliphatic heterocycles. The average Bonchev–Trinajstić information content (AvgIpc) is 3.74. The van der Waals surface area contributed by atoms with E-state index in [9.17, 15) is 4.39 Å². The Morgan fingerprint density at radius 3 is 2.77 bits per heavy atom. The topological polar surface area (TPSA) is 95.2 Å². The summed E-state index contributed by atoms with van der Waals surface area (Å²) in [7, 11) is 0. The molecule has 5 aromatic heterocycles. The highest BCUT2D eigenvalue weighted by molar-refractivity contribution is 7.14. The van der Waals surface area contributed by atoms with Gasteiger partial charge in [-0.25, -0.2) is 14.4 Å². The maximum atomic E-state index is 15.3. The number of nitrogens with one attached hydrogen (secondary N) is 3. The number of fused-ring (bicyclic) bond motifs is 2. The first-order valence-corrected chi connectivity index (χ1v) is 13.9. The molecule has 1 aliphatic rings. The van der Waals surface area contributed by atoms with Crippen molar-refractivity contribution < 1.29 is 8.78 Å². The standard InChI is InChI=1S/C29H25F2N7S/c30-22-11-23-21(10-20(22)18-9-17(14-33-15-18)13-32-12-16-3-1-2-4-16)27(38-37-23)29-35-26-19(7-8-34-28(26)36-29)24-5-6-25(31)39-24/h5-11,14-16,32H,1-4,12-13H2,(H,37,38)(H,34,35,36). The van der Waals surface area contributed by atoms with Gasteiger partial charge in [-0.1, -0.05) is 12.8 Å². The van der Waals surface area contributed by atoms with Crippen LogP contribution in [0.5, 0.6) is 0 Å². The second kappa shape index (κ2) is 9.94. The van der Waals surface area contributed by atoms with Crippen molar-refractivity contribution in [1.29, 1.82) is 0 Å². The molecular weight excluding hydrogens is 516 g/mol. The third kappa shape index (κ3) is 4.59. The number of aromatic amines is 2. The molecule has 1 aromatic carbocycles. The Kier molecular flexibility index (Phi) is 6.13. The molecular formula is C29H25F2N7S. The number of halogens is 2. The van der Waals surface area contributed by atoms with Gasteiger partial charge in [0.15, 0.2) is 16.6 Å². The Hall–Kier alpha value is -4.02. The predicted molar refractivity (Wildman–Crippen MR) is 149 cm³/mol. The van der Waals surface area contributed by atoms with E-state index in [2.05, 4.69) is 35.5 Å². The largest absolute Gasteiger partial charge is 0.335 e. The van der Waals surface area contributed by atoms with Gasteiger partial charge in [-0.3, -0.25) is 10.1 Å². The van der Waals surface area contributed by atoms with Gasteiger partial charge in [0.25, 0.3) is 0 Å². The number of nitrogens with zero attached hydrogens (tertiary/aromatic N) is 4. The summed E-state index contributed by atoms with van der Waals surface area (Å²) in [5, 5.41) is 11.4. The van der Waals surface area contributed by atoms with E-state index in [1.54, 1.807) is 24.5 Å². The highest BCUT2D eigenvalue weighted by atomic mass is 32.1. The van der Waals surface area contributed by atoms with Crippen molar-refractivity contribution in [3.05, 3.63) is 71.5 Å². The van der Waals surface area contributed by atoms with E-state index in [1.807, 2.05) is 18.3 Å². The maximum absolute atomic E-state index is 15.3. The number of hydrogen-bond acceptors (Lipinski definition) is 6. The van der Waals surface area contributed by atoms with Crippen LogP contribution < -0.4 is 5.32 Å². The van der Waals surface area contributed by atoms with Crippen LogP contribution in [0.4, 0.5) is 8.78 Å². The van der Waals surface area contributed by atoms with Crippen molar-refractivity contribution in [3.8, 4) is 33.1 Å². The summed E-state index contributed by atoms with van der Waals surface area (Å²) < 4.78 is 29.0. The van der Waals surface area contributed by atoms with Gasteiger partial charge in [0.2, 0.25) is 0 Å². The third-order valence-corrected chi connectivity index (χ3v) is 8.36. The lowest BCUT2D eigenvalue weighted by atomic mass is 10.0. The minimum Gasteiger partial charge on any atom is -0.335 e. The number of imidazole rings is 1. The molecule has 1 aliphatic carbocycles. The number of H-pyrrole nitrogens is 2. The van der Waals surface area contributed by atoms with Crippen LogP contribution in [0.15, 0.2) is 55.0 Å². The van der Waals surface area contributed by atoms with Crippen LogP contribution in [0, 0.1) is 16.9 Å². The molecule has 0 amide bonds. The van der Waals surface area contributed by atoms with Crippen LogP contribution >= 0.6 is 11.3 Å². The summed E-state index contributed by atoms with van der Waals surface area (Å²) in [5.74, 6) is 0.883. The van der Waals surface area contributed by atoms with Crippen LogP contribution in [-0.2, 0) is 6.54 Å². The van der Waals surface area contributed by atoms with Crippen molar-refractivity contribution in [3.63, 3.8) is 0 Å². The van der Waals surface area contributed by atoms with E-state index in [0.717, 1.165) is 45.2 Å². The average molecular weight is 542 g/mol. The van der Waals surface area contributed by atoms with Gasteiger partial charge in [-0.2, -0.15) is 9.49 Å². The van der Waals surface area contributed by atoms with Gasteiger partial charge >= 0.3 is 0 Å². The molecule has 6 aromatic rings. The van der Waals surface area contributed by atoms with Crippen molar-refractivity contribution in [2.75, 3.05) is 6.54 Å². The molecule has 196 valence electrons. The Bertz CT molecular complexity index is 1800. The predicted octanol–water partition coefficient (Wildman–Crippen LogP) is 6.85. The number of rotatable bonds is 7. The maximum Gasteiger partial charge on any atom is 0.178 e. The molecule has 1 saturated carbocycles. The summed E-state index contributed by atoms with van der Waals surface area (Å²) in [5.41, 5.74) is 5.26. The molecule has 3 N–H and O–H groups in total. The summed E-state index contributed by atoms with van der Waals surface area (Å²) in [6.07, 6.45) is 10.4. The monoisotopic (exact) mass is 541 g/mol. The zero-order valence-electron chi connectivity index (χ0n) is 21.0. The number of aromatic nitrogens is 6. The van der Waals surface area contributed by atoms with Crippen LogP contribution in [0.2, 0.25) is 0 Å². The molecule has 0 saturated heterocycles. The van der Waals surface area contributed by atoms with Crippen molar-refractivity contribution in [1.82, 2.24) is 35.5 Å². The molecule has 0 radical (unpaired) electrons. The number of hydrogen-bond donors (Lipinski definition) is 3. The highest BCUT2D eigenvalue weighted by Gasteiger charge is 2.19. The molecule has 0 atom stereocenters. The minimum absolute atomic E-state index is 0.259. The fourth-order valence-corrected chi connectivity index (χ4v) is 6.26. The van der Waals surface area contributed by atoms with Gasteiger partial charge < -0.3 is 10.3 Å². The lowest BCUT2D eigenvalue weighted by molar-refractivity contribution is 0.489. The lowest BCUT2D eigenvalue weighted by Gasteiger charge is -2.11. The fourth-order valence-electron chi connectivity index (χ4n) is 5.49. The van der Waals surface area contributed by atoms with E-state index in [4.69, 9.17) is 0 Å². The van der Waals surface area contributed by atoms with Crippen molar-refractivity contribution in [2.45, 2.75) is 32.2 Å². The van der Waals surface area contributed by atoms with Crippen LogP contribution in [-0.4, -0.2) is 36.7 Å². The zero-order valence-corrected chi connectivity index (χ0v) is 21.8. The molecule has 10 heteroatoms. The first-order valence-electron chi connectivity index (χ1n) is 13.1. The minimum atomic E-state index is -0.358. The normalized spacial score (nSPS) is 14.2. The third-order valence-electron chi connectivity index (χ3n) is 7.45. The Balaban J connectivity index is 1.23. The second-order valence-electron chi connectivity index (χ2n) is 10.1. The van der Waals surface area contributed by atoms with E-state index < -0.39 is 0 Å². The van der Waals surface area contributed by atoms with Crippen LogP contribution in [0.1, 0.15) is 31.2 Å². The molecule has 1 fully saturated rings. The molecule has 39 heavy (non-hydrogen) atoms. The van der Waals surface area contributed by atoms with Crippen molar-refractivity contribution >= 4 is 33.4 Å². The summed E-state index contributed by atoms with van der Waals surface area (Å²) in [6, 6.07) is 10.2. The quantitative estimate of drug-likeness (QED) is 0.205. The molecule has 7 nitrogen and oxygen atoms in total. The molecule has 0 spiro atoms. The van der Waals surface area contributed by atoms with Crippen LogP contribution in [0.25, 0.3) is 55.2 Å². The van der Waals surface area contributed by atoms with Gasteiger partial charge in [0.05, 0.1) is 11.0 Å². The SMILES string of the molecule is Fc1ccc(-c2ccnc3nc(-c4n[nH]c5cc(F)c(-c6cncc(CNCC7CCCC7)c6)cc45)[nH]c23)s1.